The predicted molar refractivity (Wildman–Crippen MR) is 65.1 cm³/mol. The number of nitrogens with one attached hydrogen (secondary N) is 1. The predicted octanol–water partition coefficient (Wildman–Crippen LogP) is 2.25. The van der Waals surface area contributed by atoms with Crippen molar-refractivity contribution in [3.63, 3.8) is 0 Å². The molecule has 0 atom stereocenters. The molecule has 0 amide bonds. The van der Waals surface area contributed by atoms with E-state index < -0.39 is 0 Å². The third-order valence-corrected chi connectivity index (χ3v) is 4.18. The molecule has 0 aromatic rings. The molecule has 1 saturated carbocycles. The van der Waals surface area contributed by atoms with Gasteiger partial charge in [0.15, 0.2) is 0 Å². The SMILES string of the molecule is CN1CCC(NCCC2CCCC2)CC1. The van der Waals surface area contributed by atoms with Crippen LogP contribution in [0.1, 0.15) is 44.9 Å². The lowest BCUT2D eigenvalue weighted by molar-refractivity contribution is 0.232. The van der Waals surface area contributed by atoms with E-state index in [1.54, 1.807) is 0 Å². The highest BCUT2D eigenvalue weighted by Gasteiger charge is 2.17. The van der Waals surface area contributed by atoms with E-state index in [0.29, 0.717) is 0 Å². The number of piperidine rings is 1. The molecule has 2 fully saturated rings. The van der Waals surface area contributed by atoms with Crippen LogP contribution < -0.4 is 5.32 Å². The zero-order valence-electron chi connectivity index (χ0n) is 10.2. The summed E-state index contributed by atoms with van der Waals surface area (Å²) < 4.78 is 0. The molecular formula is C13H26N2. The van der Waals surface area contributed by atoms with Gasteiger partial charge in [-0.2, -0.15) is 0 Å². The summed E-state index contributed by atoms with van der Waals surface area (Å²) in [7, 11) is 2.23. The van der Waals surface area contributed by atoms with Gasteiger partial charge in [-0.15, -0.1) is 0 Å². The quantitative estimate of drug-likeness (QED) is 0.765. The van der Waals surface area contributed by atoms with Crippen LogP contribution in [0.15, 0.2) is 0 Å². The Bertz CT molecular complexity index is 167. The maximum atomic E-state index is 3.74. The van der Waals surface area contributed by atoms with Gasteiger partial charge in [-0.25, -0.2) is 0 Å². The molecule has 0 radical (unpaired) electrons. The first-order valence-electron chi connectivity index (χ1n) is 6.76. The second-order valence-electron chi connectivity index (χ2n) is 5.47. The zero-order valence-corrected chi connectivity index (χ0v) is 10.2. The minimum absolute atomic E-state index is 0.808. The Kier molecular flexibility index (Phi) is 4.45. The van der Waals surface area contributed by atoms with E-state index in [-0.39, 0.29) is 0 Å². The lowest BCUT2D eigenvalue weighted by Crippen LogP contribution is -2.41. The standard InChI is InChI=1S/C13H26N2/c1-15-10-7-13(8-11-15)14-9-6-12-4-2-3-5-12/h12-14H,2-11H2,1H3. The van der Waals surface area contributed by atoms with E-state index in [2.05, 4.69) is 17.3 Å². The summed E-state index contributed by atoms with van der Waals surface area (Å²) in [5.74, 6) is 1.05. The van der Waals surface area contributed by atoms with Crippen molar-refractivity contribution < 1.29 is 0 Å². The first-order valence-corrected chi connectivity index (χ1v) is 6.76. The number of rotatable bonds is 4. The molecule has 0 spiro atoms. The van der Waals surface area contributed by atoms with Gasteiger partial charge in [0, 0.05) is 6.04 Å². The van der Waals surface area contributed by atoms with Crippen LogP contribution in [-0.2, 0) is 0 Å². The molecule has 0 aromatic heterocycles. The fourth-order valence-electron chi connectivity index (χ4n) is 3.00. The second kappa shape index (κ2) is 5.86. The molecule has 0 aromatic carbocycles. The Balaban J connectivity index is 1.53. The van der Waals surface area contributed by atoms with Gasteiger partial charge in [-0.3, -0.25) is 0 Å². The summed E-state index contributed by atoms with van der Waals surface area (Å²) in [5.41, 5.74) is 0. The number of nitrogens with zero attached hydrogens (tertiary/aromatic N) is 1. The van der Waals surface area contributed by atoms with Crippen LogP contribution in [-0.4, -0.2) is 37.6 Å². The number of likely N-dealkylation sites (tertiary alicyclic amines) is 1. The van der Waals surface area contributed by atoms with E-state index in [0.717, 1.165) is 12.0 Å². The molecule has 15 heavy (non-hydrogen) atoms. The van der Waals surface area contributed by atoms with E-state index >= 15 is 0 Å². The largest absolute Gasteiger partial charge is 0.314 e. The highest BCUT2D eigenvalue weighted by atomic mass is 15.1. The monoisotopic (exact) mass is 210 g/mol. The highest BCUT2D eigenvalue weighted by molar-refractivity contribution is 4.76. The lowest BCUT2D eigenvalue weighted by atomic mass is 10.0. The topological polar surface area (TPSA) is 15.3 Å². The van der Waals surface area contributed by atoms with Crippen LogP contribution in [0.2, 0.25) is 0 Å². The molecule has 2 heteroatoms. The van der Waals surface area contributed by atoms with Gasteiger partial charge in [-0.1, -0.05) is 25.7 Å². The average molecular weight is 210 g/mol. The van der Waals surface area contributed by atoms with Crippen molar-refractivity contribution in [3.8, 4) is 0 Å². The van der Waals surface area contributed by atoms with E-state index in [1.165, 1.54) is 64.6 Å². The minimum Gasteiger partial charge on any atom is -0.314 e. The minimum atomic E-state index is 0.808. The van der Waals surface area contributed by atoms with Crippen LogP contribution >= 0.6 is 0 Å². The van der Waals surface area contributed by atoms with Gasteiger partial charge in [0.1, 0.15) is 0 Å². The van der Waals surface area contributed by atoms with Crippen LogP contribution in [0.4, 0.5) is 0 Å². The van der Waals surface area contributed by atoms with Crippen molar-refractivity contribution in [1.82, 2.24) is 10.2 Å². The summed E-state index contributed by atoms with van der Waals surface area (Å²) in [6, 6.07) is 0.808. The molecule has 1 saturated heterocycles. The Morgan fingerprint density at radius 1 is 1.07 bits per heavy atom. The molecule has 1 N–H and O–H groups in total. The molecular weight excluding hydrogens is 184 g/mol. The Morgan fingerprint density at radius 3 is 2.40 bits per heavy atom. The van der Waals surface area contributed by atoms with Crippen LogP contribution in [0, 0.1) is 5.92 Å². The molecule has 0 bridgehead atoms. The van der Waals surface area contributed by atoms with Gasteiger partial charge in [-0.05, 0) is 51.9 Å². The fourth-order valence-corrected chi connectivity index (χ4v) is 3.00. The summed E-state index contributed by atoms with van der Waals surface area (Å²) >= 11 is 0. The molecule has 1 heterocycles. The summed E-state index contributed by atoms with van der Waals surface area (Å²) in [4.78, 5) is 2.44. The summed E-state index contributed by atoms with van der Waals surface area (Å²) in [6.07, 6.45) is 10.1. The van der Waals surface area contributed by atoms with Crippen LogP contribution in [0.5, 0.6) is 0 Å². The van der Waals surface area contributed by atoms with Crippen molar-refractivity contribution in [2.45, 2.75) is 51.0 Å². The van der Waals surface area contributed by atoms with Crippen molar-refractivity contribution in [2.24, 2.45) is 5.92 Å². The van der Waals surface area contributed by atoms with Crippen LogP contribution in [0.3, 0.4) is 0 Å². The van der Waals surface area contributed by atoms with E-state index in [1.807, 2.05) is 0 Å². The molecule has 88 valence electrons. The van der Waals surface area contributed by atoms with Crippen molar-refractivity contribution in [2.75, 3.05) is 26.7 Å². The molecule has 2 aliphatic rings. The smallest absolute Gasteiger partial charge is 0.00914 e. The maximum absolute atomic E-state index is 3.74. The first kappa shape index (κ1) is 11.4. The van der Waals surface area contributed by atoms with Gasteiger partial charge < -0.3 is 10.2 Å². The fraction of sp³-hybridized carbons (Fsp3) is 1.00. The number of hydrogen-bond donors (Lipinski definition) is 1. The van der Waals surface area contributed by atoms with Gasteiger partial charge in [0.2, 0.25) is 0 Å². The summed E-state index contributed by atoms with van der Waals surface area (Å²) in [5, 5.41) is 3.74. The van der Waals surface area contributed by atoms with Crippen LogP contribution in [0.25, 0.3) is 0 Å². The van der Waals surface area contributed by atoms with E-state index in [4.69, 9.17) is 0 Å². The zero-order chi connectivity index (χ0) is 10.5. The Labute approximate surface area is 94.4 Å². The molecule has 2 rings (SSSR count). The Morgan fingerprint density at radius 2 is 1.73 bits per heavy atom. The number of hydrogen-bond acceptors (Lipinski definition) is 2. The molecule has 1 aliphatic carbocycles. The lowest BCUT2D eigenvalue weighted by Gasteiger charge is -2.29. The van der Waals surface area contributed by atoms with Crippen molar-refractivity contribution in [3.05, 3.63) is 0 Å². The summed E-state index contributed by atoms with van der Waals surface area (Å²) in [6.45, 7) is 3.82. The second-order valence-corrected chi connectivity index (χ2v) is 5.47. The molecule has 1 aliphatic heterocycles. The normalized spacial score (nSPS) is 26.2. The highest BCUT2D eigenvalue weighted by Crippen LogP contribution is 2.27. The first-order chi connectivity index (χ1) is 7.34. The van der Waals surface area contributed by atoms with Gasteiger partial charge >= 0.3 is 0 Å². The maximum Gasteiger partial charge on any atom is 0.00914 e. The third-order valence-electron chi connectivity index (χ3n) is 4.18. The average Bonchev–Trinajstić information content (AvgIpc) is 2.74. The van der Waals surface area contributed by atoms with Gasteiger partial charge in [0.05, 0.1) is 0 Å². The van der Waals surface area contributed by atoms with Crippen molar-refractivity contribution in [1.29, 1.82) is 0 Å². The third kappa shape index (κ3) is 3.76. The van der Waals surface area contributed by atoms with Crippen molar-refractivity contribution >= 4 is 0 Å². The van der Waals surface area contributed by atoms with Gasteiger partial charge in [0.25, 0.3) is 0 Å². The van der Waals surface area contributed by atoms with E-state index in [9.17, 15) is 0 Å². The Hall–Kier alpha value is -0.0800. The molecule has 0 unspecified atom stereocenters. The molecule has 2 nitrogen and oxygen atoms in total.